The number of hydrogen-bond donors (Lipinski definition) is 2. The molecule has 104 valence electrons. The van der Waals surface area contributed by atoms with E-state index in [0.29, 0.717) is 6.42 Å². The summed E-state index contributed by atoms with van der Waals surface area (Å²) in [5.74, 6) is 1.84. The third-order valence-corrected chi connectivity index (χ3v) is 4.81. The van der Waals surface area contributed by atoms with Gasteiger partial charge in [-0.15, -0.1) is 0 Å². The van der Waals surface area contributed by atoms with Gasteiger partial charge in [-0.1, -0.05) is 20.3 Å². The van der Waals surface area contributed by atoms with Crippen molar-refractivity contribution in [2.24, 2.45) is 5.41 Å². The third kappa shape index (κ3) is 12.5. The van der Waals surface area contributed by atoms with E-state index in [2.05, 4.69) is 13.8 Å². The zero-order chi connectivity index (χ0) is 13.4. The predicted octanol–water partition coefficient (Wildman–Crippen LogP) is 2.19. The Kier molecular flexibility index (Phi) is 8.45. The fraction of sp³-hybridized carbons (Fsp3) is 1.00. The van der Waals surface area contributed by atoms with Crippen LogP contribution in [0.3, 0.4) is 0 Å². The maximum atomic E-state index is 10.5. The fourth-order valence-electron chi connectivity index (χ4n) is 1.48. The van der Waals surface area contributed by atoms with E-state index in [-0.39, 0.29) is 17.8 Å². The van der Waals surface area contributed by atoms with E-state index in [1.807, 2.05) is 11.8 Å². The van der Waals surface area contributed by atoms with Crippen molar-refractivity contribution in [2.45, 2.75) is 39.5 Å². The first-order valence-electron chi connectivity index (χ1n) is 5.91. The van der Waals surface area contributed by atoms with Crippen molar-refractivity contribution in [1.82, 2.24) is 0 Å². The minimum absolute atomic E-state index is 0.138. The Hall–Kier alpha value is 0.220. The largest absolute Gasteiger partial charge is 0.396 e. The Morgan fingerprint density at radius 2 is 1.82 bits per heavy atom. The fourth-order valence-corrected chi connectivity index (χ4v) is 3.22. The summed E-state index contributed by atoms with van der Waals surface area (Å²) in [6.07, 6.45) is 3.11. The summed E-state index contributed by atoms with van der Waals surface area (Å²) in [6, 6.07) is 0. The zero-order valence-corrected chi connectivity index (χ0v) is 12.3. The summed E-state index contributed by atoms with van der Waals surface area (Å²) in [6.45, 7) is 4.56. The van der Waals surface area contributed by atoms with Gasteiger partial charge in [-0.3, -0.25) is 4.55 Å². The van der Waals surface area contributed by atoms with E-state index in [4.69, 9.17) is 9.66 Å². The van der Waals surface area contributed by atoms with Gasteiger partial charge in [-0.25, -0.2) is 0 Å². The Morgan fingerprint density at radius 3 is 2.35 bits per heavy atom. The van der Waals surface area contributed by atoms with Crippen molar-refractivity contribution < 1.29 is 18.1 Å². The maximum Gasteiger partial charge on any atom is 0.264 e. The standard InChI is InChI=1S/C11H24O4S2/c1-11(2,10-16-8-5-7-12)6-3-4-9-17(13,14)15/h12H,3-10H2,1-2H3,(H,13,14,15). The van der Waals surface area contributed by atoms with Crippen molar-refractivity contribution >= 4 is 21.9 Å². The molecule has 0 unspecified atom stereocenters. The lowest BCUT2D eigenvalue weighted by Gasteiger charge is -2.24. The summed E-state index contributed by atoms with van der Waals surface area (Å²) in [7, 11) is -3.80. The smallest absolute Gasteiger partial charge is 0.264 e. The lowest BCUT2D eigenvalue weighted by Crippen LogP contribution is -2.16. The average molecular weight is 284 g/mol. The van der Waals surface area contributed by atoms with Gasteiger partial charge in [-0.05, 0) is 36.2 Å². The van der Waals surface area contributed by atoms with E-state index in [9.17, 15) is 8.42 Å². The van der Waals surface area contributed by atoms with Crippen LogP contribution < -0.4 is 0 Å². The second-order valence-corrected chi connectivity index (χ2v) is 7.71. The summed E-state index contributed by atoms with van der Waals surface area (Å²) in [5.41, 5.74) is 0.180. The summed E-state index contributed by atoms with van der Waals surface area (Å²) < 4.78 is 29.6. The van der Waals surface area contributed by atoms with Gasteiger partial charge in [0.2, 0.25) is 0 Å². The molecule has 0 fully saturated rings. The van der Waals surface area contributed by atoms with Gasteiger partial charge in [0.25, 0.3) is 10.1 Å². The highest BCUT2D eigenvalue weighted by atomic mass is 32.2. The predicted molar refractivity (Wildman–Crippen MR) is 73.1 cm³/mol. The van der Waals surface area contributed by atoms with E-state index >= 15 is 0 Å². The minimum atomic E-state index is -3.80. The molecule has 0 saturated carbocycles. The lowest BCUT2D eigenvalue weighted by atomic mass is 9.90. The Labute approximate surface area is 109 Å². The van der Waals surface area contributed by atoms with Crippen molar-refractivity contribution in [2.75, 3.05) is 23.9 Å². The SMILES string of the molecule is CC(C)(CCCCS(=O)(=O)O)CSCCCO. The first kappa shape index (κ1) is 17.2. The molecule has 4 nitrogen and oxygen atoms in total. The van der Waals surface area contributed by atoms with Crippen molar-refractivity contribution in [3.8, 4) is 0 Å². The molecule has 0 radical (unpaired) electrons. The highest BCUT2D eigenvalue weighted by Crippen LogP contribution is 2.28. The van der Waals surface area contributed by atoms with Crippen LogP contribution in [0.25, 0.3) is 0 Å². The highest BCUT2D eigenvalue weighted by Gasteiger charge is 2.17. The van der Waals surface area contributed by atoms with E-state index < -0.39 is 10.1 Å². The van der Waals surface area contributed by atoms with Gasteiger partial charge >= 0.3 is 0 Å². The normalized spacial score (nSPS) is 12.9. The van der Waals surface area contributed by atoms with Crippen molar-refractivity contribution in [3.63, 3.8) is 0 Å². The van der Waals surface area contributed by atoms with Crippen molar-refractivity contribution in [3.05, 3.63) is 0 Å². The Bertz CT molecular complexity index is 286. The number of aliphatic hydroxyl groups excluding tert-OH is 1. The molecular weight excluding hydrogens is 260 g/mol. The molecule has 0 spiro atoms. The van der Waals surface area contributed by atoms with E-state index in [0.717, 1.165) is 30.8 Å². The molecule has 0 aliphatic rings. The number of hydrogen-bond acceptors (Lipinski definition) is 4. The van der Waals surface area contributed by atoms with Crippen LogP contribution >= 0.6 is 11.8 Å². The van der Waals surface area contributed by atoms with Crippen LogP contribution in [0.5, 0.6) is 0 Å². The second kappa shape index (κ2) is 8.34. The molecule has 6 heteroatoms. The van der Waals surface area contributed by atoms with Gasteiger partial charge < -0.3 is 5.11 Å². The first-order valence-corrected chi connectivity index (χ1v) is 8.67. The molecule has 0 atom stereocenters. The summed E-state index contributed by atoms with van der Waals surface area (Å²) in [5, 5.41) is 8.65. The molecule has 0 aromatic carbocycles. The minimum Gasteiger partial charge on any atom is -0.396 e. The first-order chi connectivity index (χ1) is 7.77. The number of thioether (sulfide) groups is 1. The van der Waals surface area contributed by atoms with Crippen LogP contribution in [0.2, 0.25) is 0 Å². The molecule has 0 bridgehead atoms. The van der Waals surface area contributed by atoms with Crippen LogP contribution in [0.4, 0.5) is 0 Å². The molecule has 0 aliphatic heterocycles. The van der Waals surface area contributed by atoms with Crippen LogP contribution in [0.1, 0.15) is 39.5 Å². The molecule has 2 N–H and O–H groups in total. The quantitative estimate of drug-likeness (QED) is 0.475. The summed E-state index contributed by atoms with van der Waals surface area (Å²) >= 11 is 1.82. The molecule has 0 aromatic rings. The van der Waals surface area contributed by atoms with Gasteiger partial charge in [0.1, 0.15) is 0 Å². The lowest BCUT2D eigenvalue weighted by molar-refractivity contribution is 0.296. The summed E-state index contributed by atoms with van der Waals surface area (Å²) in [4.78, 5) is 0. The zero-order valence-electron chi connectivity index (χ0n) is 10.7. The van der Waals surface area contributed by atoms with Gasteiger partial charge in [-0.2, -0.15) is 20.2 Å². The Balaban J connectivity index is 3.63. The van der Waals surface area contributed by atoms with Gasteiger partial charge in [0.15, 0.2) is 0 Å². The van der Waals surface area contributed by atoms with Crippen LogP contribution in [0, 0.1) is 5.41 Å². The molecule has 0 amide bonds. The molecule has 0 heterocycles. The maximum absolute atomic E-state index is 10.5. The topological polar surface area (TPSA) is 74.6 Å². The van der Waals surface area contributed by atoms with Gasteiger partial charge in [0.05, 0.1) is 5.75 Å². The van der Waals surface area contributed by atoms with E-state index in [1.165, 1.54) is 0 Å². The van der Waals surface area contributed by atoms with Crippen LogP contribution in [-0.2, 0) is 10.1 Å². The second-order valence-electron chi connectivity index (χ2n) is 5.04. The monoisotopic (exact) mass is 284 g/mol. The number of rotatable bonds is 10. The van der Waals surface area contributed by atoms with E-state index in [1.54, 1.807) is 0 Å². The molecule has 0 aliphatic carbocycles. The Morgan fingerprint density at radius 1 is 1.18 bits per heavy atom. The van der Waals surface area contributed by atoms with Crippen LogP contribution in [0.15, 0.2) is 0 Å². The molecular formula is C11H24O4S2. The van der Waals surface area contributed by atoms with Crippen LogP contribution in [-0.4, -0.2) is 41.9 Å². The molecule has 0 saturated heterocycles. The molecule has 0 rings (SSSR count). The van der Waals surface area contributed by atoms with Crippen molar-refractivity contribution in [1.29, 1.82) is 0 Å². The molecule has 17 heavy (non-hydrogen) atoms. The van der Waals surface area contributed by atoms with Gasteiger partial charge in [0, 0.05) is 6.61 Å². The molecule has 0 aromatic heterocycles. The highest BCUT2D eigenvalue weighted by molar-refractivity contribution is 7.99. The number of unbranched alkanes of at least 4 members (excludes halogenated alkanes) is 1. The average Bonchev–Trinajstić information content (AvgIpc) is 2.18. The third-order valence-electron chi connectivity index (χ3n) is 2.45. The number of aliphatic hydroxyl groups is 1.